The highest BCUT2D eigenvalue weighted by Gasteiger charge is 2.35. The van der Waals surface area contributed by atoms with Crippen molar-refractivity contribution in [1.29, 1.82) is 0 Å². The van der Waals surface area contributed by atoms with Gasteiger partial charge in [0.15, 0.2) is 0 Å². The largest absolute Gasteiger partial charge is 0.309 e. The Hall–Kier alpha value is -4.76. The molecule has 0 radical (unpaired) electrons. The fraction of sp³-hybridized carbons (Fsp3) is 0.0857. The lowest BCUT2D eigenvalue weighted by Gasteiger charge is -2.35. The molecule has 1 aliphatic heterocycles. The van der Waals surface area contributed by atoms with Gasteiger partial charge >= 0.3 is 0 Å². The molecular weight excluding hydrogens is 462 g/mol. The predicted octanol–water partition coefficient (Wildman–Crippen LogP) is 8.70. The van der Waals surface area contributed by atoms with Crippen molar-refractivity contribution in [1.82, 2.24) is 14.5 Å². The van der Waals surface area contributed by atoms with Crippen LogP contribution in [0.5, 0.6) is 0 Å². The number of hydrogen-bond acceptors (Lipinski definition) is 2. The summed E-state index contributed by atoms with van der Waals surface area (Å²) in [6.45, 7) is 4.69. The lowest BCUT2D eigenvalue weighted by Crippen LogP contribution is -2.26. The van der Waals surface area contributed by atoms with Crippen molar-refractivity contribution in [2.75, 3.05) is 0 Å². The van der Waals surface area contributed by atoms with Crippen molar-refractivity contribution in [3.05, 3.63) is 127 Å². The average Bonchev–Trinajstić information content (AvgIpc) is 3.30. The molecule has 3 nitrogen and oxygen atoms in total. The Morgan fingerprint density at radius 3 is 2.42 bits per heavy atom. The van der Waals surface area contributed by atoms with Crippen molar-refractivity contribution >= 4 is 32.6 Å². The van der Waals surface area contributed by atoms with Crippen molar-refractivity contribution in [2.45, 2.75) is 19.3 Å². The minimum absolute atomic E-state index is 0.141. The number of benzene rings is 4. The highest BCUT2D eigenvalue weighted by Crippen LogP contribution is 2.48. The standard InChI is InChI=1S/C35H25N3/c1-35(2)29-12-5-6-13-32(29)38-31-15-16-36-21-28(31)27-19-25(20-30(35)34(27)38)23-9-7-10-24(18-23)33-26-11-4-3-8-22(26)14-17-37-33/h3-21H,1-2H3. The summed E-state index contributed by atoms with van der Waals surface area (Å²) in [5.74, 6) is 0. The number of para-hydroxylation sites is 1. The van der Waals surface area contributed by atoms with Crippen LogP contribution >= 0.6 is 0 Å². The highest BCUT2D eigenvalue weighted by atomic mass is 15.0. The van der Waals surface area contributed by atoms with E-state index in [1.807, 2.05) is 18.6 Å². The number of hydrogen-bond donors (Lipinski definition) is 0. The van der Waals surface area contributed by atoms with E-state index >= 15 is 0 Å². The Kier molecular flexibility index (Phi) is 4.28. The summed E-state index contributed by atoms with van der Waals surface area (Å²) in [6, 6.07) is 35.0. The lowest BCUT2D eigenvalue weighted by atomic mass is 9.74. The number of fused-ring (bicyclic) bond motifs is 6. The van der Waals surface area contributed by atoms with Gasteiger partial charge in [-0.05, 0) is 64.0 Å². The van der Waals surface area contributed by atoms with Gasteiger partial charge in [0.1, 0.15) is 0 Å². The van der Waals surface area contributed by atoms with E-state index in [9.17, 15) is 0 Å². The van der Waals surface area contributed by atoms with E-state index in [-0.39, 0.29) is 5.41 Å². The predicted molar refractivity (Wildman–Crippen MR) is 157 cm³/mol. The molecule has 0 amide bonds. The van der Waals surface area contributed by atoms with Gasteiger partial charge in [-0.2, -0.15) is 0 Å². The second-order valence-corrected chi connectivity index (χ2v) is 10.8. The van der Waals surface area contributed by atoms with Gasteiger partial charge in [-0.25, -0.2) is 0 Å². The summed E-state index contributed by atoms with van der Waals surface area (Å²) >= 11 is 0. The lowest BCUT2D eigenvalue weighted by molar-refractivity contribution is 0.630. The van der Waals surface area contributed by atoms with E-state index < -0.39 is 0 Å². The van der Waals surface area contributed by atoms with Gasteiger partial charge in [-0.3, -0.25) is 9.97 Å². The van der Waals surface area contributed by atoms with Crippen LogP contribution in [0, 0.1) is 0 Å². The third-order valence-corrected chi connectivity index (χ3v) is 8.30. The molecule has 0 spiro atoms. The second-order valence-electron chi connectivity index (χ2n) is 10.8. The SMILES string of the molecule is CC1(C)c2ccccc2-n2c3ccncc3c3cc(-c4cccc(-c5nccc6ccccc56)c4)cc1c32. The molecule has 38 heavy (non-hydrogen) atoms. The van der Waals surface area contributed by atoms with Gasteiger partial charge in [-0.15, -0.1) is 0 Å². The van der Waals surface area contributed by atoms with Crippen molar-refractivity contribution in [3.8, 4) is 28.1 Å². The zero-order valence-corrected chi connectivity index (χ0v) is 21.3. The molecule has 8 rings (SSSR count). The molecule has 0 N–H and O–H groups in total. The molecule has 0 fully saturated rings. The summed E-state index contributed by atoms with van der Waals surface area (Å²) in [5.41, 5.74) is 10.8. The third-order valence-electron chi connectivity index (χ3n) is 8.30. The van der Waals surface area contributed by atoms with Crippen LogP contribution < -0.4 is 0 Å². The fourth-order valence-corrected chi connectivity index (χ4v) is 6.42. The highest BCUT2D eigenvalue weighted by molar-refractivity contribution is 6.12. The topological polar surface area (TPSA) is 30.7 Å². The van der Waals surface area contributed by atoms with Crippen LogP contribution in [0.15, 0.2) is 116 Å². The average molecular weight is 488 g/mol. The molecule has 4 heterocycles. The third kappa shape index (κ3) is 2.84. The van der Waals surface area contributed by atoms with Crippen LogP contribution in [0.25, 0.3) is 60.6 Å². The molecule has 0 bridgehead atoms. The molecule has 0 saturated carbocycles. The molecule has 0 aliphatic carbocycles. The second kappa shape index (κ2) is 7.62. The zero-order chi connectivity index (χ0) is 25.4. The van der Waals surface area contributed by atoms with E-state index in [0.717, 1.165) is 11.3 Å². The maximum absolute atomic E-state index is 4.79. The van der Waals surface area contributed by atoms with Crippen LogP contribution in [0.1, 0.15) is 25.0 Å². The molecule has 3 heteroatoms. The van der Waals surface area contributed by atoms with Gasteiger partial charge < -0.3 is 4.57 Å². The van der Waals surface area contributed by atoms with Gasteiger partial charge in [0.05, 0.1) is 22.4 Å². The molecule has 0 unspecified atom stereocenters. The molecule has 1 aliphatic rings. The van der Waals surface area contributed by atoms with Crippen molar-refractivity contribution in [3.63, 3.8) is 0 Å². The molecule has 3 aromatic heterocycles. The van der Waals surface area contributed by atoms with Crippen LogP contribution in [0.3, 0.4) is 0 Å². The Bertz CT molecular complexity index is 2060. The zero-order valence-electron chi connectivity index (χ0n) is 21.3. The Morgan fingerprint density at radius 2 is 1.47 bits per heavy atom. The van der Waals surface area contributed by atoms with Crippen LogP contribution in [0.4, 0.5) is 0 Å². The number of pyridine rings is 2. The van der Waals surface area contributed by atoms with E-state index in [1.165, 1.54) is 60.5 Å². The summed E-state index contributed by atoms with van der Waals surface area (Å²) in [4.78, 5) is 9.30. The number of rotatable bonds is 2. The smallest absolute Gasteiger partial charge is 0.0780 e. The summed E-state index contributed by atoms with van der Waals surface area (Å²) in [6.07, 6.45) is 5.82. The first-order valence-corrected chi connectivity index (χ1v) is 13.1. The fourth-order valence-electron chi connectivity index (χ4n) is 6.42. The molecule has 7 aromatic rings. The van der Waals surface area contributed by atoms with E-state index in [2.05, 4.69) is 120 Å². The van der Waals surface area contributed by atoms with Gasteiger partial charge in [0, 0.05) is 45.7 Å². The van der Waals surface area contributed by atoms with Crippen LogP contribution in [-0.2, 0) is 5.41 Å². The monoisotopic (exact) mass is 487 g/mol. The quantitative estimate of drug-likeness (QED) is 0.244. The van der Waals surface area contributed by atoms with E-state index in [1.54, 1.807) is 0 Å². The van der Waals surface area contributed by atoms with Gasteiger partial charge in [0.2, 0.25) is 0 Å². The maximum Gasteiger partial charge on any atom is 0.0780 e. The Labute approximate surface area is 221 Å². The minimum atomic E-state index is -0.141. The summed E-state index contributed by atoms with van der Waals surface area (Å²) < 4.78 is 2.43. The number of aromatic nitrogens is 3. The first kappa shape index (κ1) is 21.3. The van der Waals surface area contributed by atoms with Gasteiger partial charge in [0.25, 0.3) is 0 Å². The van der Waals surface area contributed by atoms with Crippen LogP contribution in [0.2, 0.25) is 0 Å². The molecule has 0 atom stereocenters. The van der Waals surface area contributed by atoms with Crippen molar-refractivity contribution in [2.24, 2.45) is 0 Å². The molecule has 0 saturated heterocycles. The van der Waals surface area contributed by atoms with Crippen LogP contribution in [-0.4, -0.2) is 14.5 Å². The first-order valence-electron chi connectivity index (χ1n) is 13.1. The van der Waals surface area contributed by atoms with E-state index in [0.29, 0.717) is 0 Å². The van der Waals surface area contributed by atoms with E-state index in [4.69, 9.17) is 4.98 Å². The first-order chi connectivity index (χ1) is 18.6. The summed E-state index contributed by atoms with van der Waals surface area (Å²) in [7, 11) is 0. The number of nitrogens with zero attached hydrogens (tertiary/aromatic N) is 3. The summed E-state index contributed by atoms with van der Waals surface area (Å²) in [5, 5.41) is 4.81. The Morgan fingerprint density at radius 1 is 0.632 bits per heavy atom. The van der Waals surface area contributed by atoms with Gasteiger partial charge in [-0.1, -0.05) is 74.5 Å². The maximum atomic E-state index is 4.79. The minimum Gasteiger partial charge on any atom is -0.309 e. The molecular formula is C35H25N3. The van der Waals surface area contributed by atoms with Crippen molar-refractivity contribution < 1.29 is 0 Å². The normalized spacial score (nSPS) is 13.7. The molecule has 180 valence electrons. The molecule has 4 aromatic carbocycles. The Balaban J connectivity index is 1.42.